The van der Waals surface area contributed by atoms with Crippen molar-refractivity contribution >= 4 is 21.6 Å². The highest BCUT2D eigenvalue weighted by Gasteiger charge is 2.27. The highest BCUT2D eigenvalue weighted by Crippen LogP contribution is 2.40. The molecule has 1 aliphatic heterocycles. The molecule has 0 aromatic heterocycles. The summed E-state index contributed by atoms with van der Waals surface area (Å²) in [5.41, 5.74) is 1.64. The Balaban J connectivity index is 2.00. The molecular formula is C15H13BrFNO. The molecule has 1 atom stereocenters. The van der Waals surface area contributed by atoms with Gasteiger partial charge in [-0.1, -0.05) is 34.1 Å². The minimum atomic E-state index is -0.191. The minimum absolute atomic E-state index is 0.102. The Labute approximate surface area is 119 Å². The first kappa shape index (κ1) is 12.5. The maximum absolute atomic E-state index is 13.9. The van der Waals surface area contributed by atoms with Crippen LogP contribution in [0.2, 0.25) is 0 Å². The number of fused-ring (bicyclic) bond motifs is 1. The fourth-order valence-corrected chi connectivity index (χ4v) is 2.73. The van der Waals surface area contributed by atoms with Crippen molar-refractivity contribution in [2.75, 3.05) is 18.6 Å². The zero-order valence-corrected chi connectivity index (χ0v) is 12.0. The van der Waals surface area contributed by atoms with Gasteiger partial charge in [-0.05, 0) is 24.3 Å². The second-order valence-electron chi connectivity index (χ2n) is 4.57. The van der Waals surface area contributed by atoms with E-state index in [1.54, 1.807) is 6.07 Å². The van der Waals surface area contributed by atoms with Crippen LogP contribution in [0.25, 0.3) is 0 Å². The lowest BCUT2D eigenvalue weighted by Crippen LogP contribution is -2.33. The molecule has 0 bridgehead atoms. The lowest BCUT2D eigenvalue weighted by atomic mass is 10.0. The van der Waals surface area contributed by atoms with Crippen LogP contribution in [0.4, 0.5) is 10.1 Å². The fourth-order valence-electron chi connectivity index (χ4n) is 2.39. The van der Waals surface area contributed by atoms with Gasteiger partial charge < -0.3 is 9.64 Å². The van der Waals surface area contributed by atoms with Crippen molar-refractivity contribution in [3.8, 4) is 5.75 Å². The third-order valence-electron chi connectivity index (χ3n) is 3.43. The van der Waals surface area contributed by atoms with Crippen LogP contribution in [0.1, 0.15) is 11.6 Å². The van der Waals surface area contributed by atoms with Crippen molar-refractivity contribution in [3.05, 3.63) is 58.3 Å². The number of rotatable bonds is 1. The van der Waals surface area contributed by atoms with Gasteiger partial charge in [0, 0.05) is 17.1 Å². The predicted octanol–water partition coefficient (Wildman–Crippen LogP) is 4.16. The number of hydrogen-bond acceptors (Lipinski definition) is 2. The van der Waals surface area contributed by atoms with E-state index in [9.17, 15) is 4.39 Å². The average molecular weight is 322 g/mol. The van der Waals surface area contributed by atoms with Crippen LogP contribution in [-0.2, 0) is 0 Å². The van der Waals surface area contributed by atoms with Gasteiger partial charge in [0.2, 0.25) is 0 Å². The zero-order chi connectivity index (χ0) is 13.4. The summed E-state index contributed by atoms with van der Waals surface area (Å²) < 4.78 is 20.6. The topological polar surface area (TPSA) is 12.5 Å². The number of nitrogens with zero attached hydrogens (tertiary/aromatic N) is 1. The molecule has 2 nitrogen and oxygen atoms in total. The van der Waals surface area contributed by atoms with Gasteiger partial charge in [0.1, 0.15) is 18.2 Å². The summed E-state index contributed by atoms with van der Waals surface area (Å²) >= 11 is 3.42. The molecule has 1 aliphatic rings. The number of hydrogen-bond donors (Lipinski definition) is 0. The van der Waals surface area contributed by atoms with Gasteiger partial charge in [-0.3, -0.25) is 0 Å². The highest BCUT2D eigenvalue weighted by atomic mass is 79.9. The summed E-state index contributed by atoms with van der Waals surface area (Å²) in [6.07, 6.45) is 0. The van der Waals surface area contributed by atoms with Crippen molar-refractivity contribution in [1.29, 1.82) is 0 Å². The number of benzene rings is 2. The maximum Gasteiger partial charge on any atom is 0.143 e. The molecule has 2 aromatic rings. The molecule has 0 saturated carbocycles. The summed E-state index contributed by atoms with van der Waals surface area (Å²) in [5.74, 6) is 0.632. The predicted molar refractivity (Wildman–Crippen MR) is 77.2 cm³/mol. The molecule has 0 N–H and O–H groups in total. The van der Waals surface area contributed by atoms with Crippen LogP contribution in [0.3, 0.4) is 0 Å². The molecule has 4 heteroatoms. The smallest absolute Gasteiger partial charge is 0.143 e. The van der Waals surface area contributed by atoms with E-state index >= 15 is 0 Å². The Kier molecular flexibility index (Phi) is 3.19. The normalized spacial score (nSPS) is 17.8. The van der Waals surface area contributed by atoms with E-state index in [0.717, 1.165) is 15.9 Å². The zero-order valence-electron chi connectivity index (χ0n) is 10.4. The van der Waals surface area contributed by atoms with Crippen molar-refractivity contribution in [2.45, 2.75) is 6.04 Å². The average Bonchev–Trinajstić information content (AvgIpc) is 2.40. The Morgan fingerprint density at radius 3 is 2.84 bits per heavy atom. The van der Waals surface area contributed by atoms with Gasteiger partial charge in [0.15, 0.2) is 0 Å². The van der Waals surface area contributed by atoms with Gasteiger partial charge in [-0.15, -0.1) is 0 Å². The Bertz CT molecular complexity index is 617. The number of anilines is 1. The van der Waals surface area contributed by atoms with E-state index in [1.807, 2.05) is 37.4 Å². The fraction of sp³-hybridized carbons (Fsp3) is 0.200. The second-order valence-corrected chi connectivity index (χ2v) is 5.49. The monoisotopic (exact) mass is 321 g/mol. The van der Waals surface area contributed by atoms with Gasteiger partial charge in [0.05, 0.1) is 11.7 Å². The molecule has 1 unspecified atom stereocenters. The largest absolute Gasteiger partial charge is 0.489 e. The molecule has 0 aliphatic carbocycles. The summed E-state index contributed by atoms with van der Waals surface area (Å²) in [7, 11) is 1.96. The molecule has 98 valence electrons. The van der Waals surface area contributed by atoms with Crippen LogP contribution >= 0.6 is 15.9 Å². The molecule has 2 aromatic carbocycles. The number of likely N-dealkylation sites (N-methyl/N-ethyl adjacent to an activating group) is 1. The van der Waals surface area contributed by atoms with Gasteiger partial charge in [0.25, 0.3) is 0 Å². The summed E-state index contributed by atoms with van der Waals surface area (Å²) in [6.45, 7) is 0.445. The summed E-state index contributed by atoms with van der Waals surface area (Å²) in [4.78, 5) is 2.06. The van der Waals surface area contributed by atoms with Crippen LogP contribution in [0.15, 0.2) is 46.9 Å². The van der Waals surface area contributed by atoms with E-state index in [-0.39, 0.29) is 11.9 Å². The first-order valence-electron chi connectivity index (χ1n) is 6.06. The molecule has 3 rings (SSSR count). The third kappa shape index (κ3) is 2.21. The number of halogens is 2. The quantitative estimate of drug-likeness (QED) is 0.782. The molecule has 0 radical (unpaired) electrons. The minimum Gasteiger partial charge on any atom is -0.489 e. The van der Waals surface area contributed by atoms with Crippen molar-refractivity contribution in [3.63, 3.8) is 0 Å². The number of ether oxygens (including phenoxy) is 1. The standard InChI is InChI=1S/C15H13BrFNO/c1-18-13-7-6-10(16)8-15(13)19-9-14(18)11-4-2-3-5-12(11)17/h2-8,14H,9H2,1H3. The molecule has 19 heavy (non-hydrogen) atoms. The van der Waals surface area contributed by atoms with Crippen molar-refractivity contribution in [2.24, 2.45) is 0 Å². The van der Waals surface area contributed by atoms with Crippen LogP contribution in [-0.4, -0.2) is 13.7 Å². The molecular weight excluding hydrogens is 309 g/mol. The van der Waals surface area contributed by atoms with E-state index in [2.05, 4.69) is 20.8 Å². The summed E-state index contributed by atoms with van der Waals surface area (Å²) in [6, 6.07) is 12.6. The Hall–Kier alpha value is -1.55. The maximum atomic E-state index is 13.9. The van der Waals surface area contributed by atoms with E-state index in [4.69, 9.17) is 4.74 Å². The van der Waals surface area contributed by atoms with Crippen LogP contribution < -0.4 is 9.64 Å². The Morgan fingerprint density at radius 2 is 2.05 bits per heavy atom. The van der Waals surface area contributed by atoms with Crippen LogP contribution in [0, 0.1) is 5.82 Å². The van der Waals surface area contributed by atoms with Gasteiger partial charge >= 0.3 is 0 Å². The molecule has 0 spiro atoms. The third-order valence-corrected chi connectivity index (χ3v) is 3.92. The van der Waals surface area contributed by atoms with Crippen molar-refractivity contribution in [1.82, 2.24) is 0 Å². The lowest BCUT2D eigenvalue weighted by molar-refractivity contribution is 0.265. The van der Waals surface area contributed by atoms with Crippen molar-refractivity contribution < 1.29 is 9.13 Å². The molecule has 0 fully saturated rings. The van der Waals surface area contributed by atoms with E-state index in [0.29, 0.717) is 12.2 Å². The van der Waals surface area contributed by atoms with Gasteiger partial charge in [-0.25, -0.2) is 4.39 Å². The second kappa shape index (κ2) is 4.85. The van der Waals surface area contributed by atoms with Gasteiger partial charge in [-0.2, -0.15) is 0 Å². The summed E-state index contributed by atoms with van der Waals surface area (Å²) in [5, 5.41) is 0. The first-order chi connectivity index (χ1) is 9.16. The first-order valence-corrected chi connectivity index (χ1v) is 6.86. The SMILES string of the molecule is CN1c2ccc(Br)cc2OCC1c1ccccc1F. The highest BCUT2D eigenvalue weighted by molar-refractivity contribution is 9.10. The molecule has 0 amide bonds. The molecule has 0 saturated heterocycles. The van der Waals surface area contributed by atoms with E-state index < -0.39 is 0 Å². The Morgan fingerprint density at radius 1 is 1.26 bits per heavy atom. The van der Waals surface area contributed by atoms with Crippen LogP contribution in [0.5, 0.6) is 5.75 Å². The lowest BCUT2D eigenvalue weighted by Gasteiger charge is -2.36. The van der Waals surface area contributed by atoms with E-state index in [1.165, 1.54) is 6.07 Å². The molecule has 1 heterocycles.